The van der Waals surface area contributed by atoms with Crippen LogP contribution in [-0.2, 0) is 13.1 Å². The first-order valence-electron chi connectivity index (χ1n) is 10.5. The largest absolute Gasteiger partial charge is 0.349 e. The Labute approximate surface area is 171 Å². The summed E-state index contributed by atoms with van der Waals surface area (Å²) in [5, 5.41) is 7.35. The van der Waals surface area contributed by atoms with Gasteiger partial charge in [0.1, 0.15) is 5.69 Å². The zero-order valence-corrected chi connectivity index (χ0v) is 17.1. The molecule has 1 N–H and O–H groups in total. The summed E-state index contributed by atoms with van der Waals surface area (Å²) in [7, 11) is 0. The van der Waals surface area contributed by atoms with Gasteiger partial charge >= 0.3 is 0 Å². The number of aromatic nitrogens is 2. The molecule has 0 saturated carbocycles. The van der Waals surface area contributed by atoms with Gasteiger partial charge in [0, 0.05) is 38.8 Å². The number of hydrogen-bond acceptors (Lipinski definition) is 4. The van der Waals surface area contributed by atoms with Crippen LogP contribution in [0.3, 0.4) is 0 Å². The lowest BCUT2D eigenvalue weighted by molar-refractivity contribution is 0.0745. The summed E-state index contributed by atoms with van der Waals surface area (Å²) in [6.07, 6.45) is 3.30. The van der Waals surface area contributed by atoms with E-state index in [9.17, 15) is 9.59 Å². The minimum absolute atomic E-state index is 0.0624. The first-order valence-corrected chi connectivity index (χ1v) is 10.5. The van der Waals surface area contributed by atoms with Crippen molar-refractivity contribution in [3.63, 3.8) is 0 Å². The molecule has 2 aliphatic rings. The first-order chi connectivity index (χ1) is 14.1. The molecule has 0 atom stereocenters. The van der Waals surface area contributed by atoms with Gasteiger partial charge in [-0.3, -0.25) is 14.3 Å². The predicted molar refractivity (Wildman–Crippen MR) is 111 cm³/mol. The average molecular weight is 396 g/mol. The normalized spacial score (nSPS) is 17.3. The highest BCUT2D eigenvalue weighted by atomic mass is 16.2. The van der Waals surface area contributed by atoms with E-state index in [0.717, 1.165) is 31.6 Å². The van der Waals surface area contributed by atoms with E-state index >= 15 is 0 Å². The second-order valence-electron chi connectivity index (χ2n) is 8.01. The summed E-state index contributed by atoms with van der Waals surface area (Å²) < 4.78 is 1.69. The van der Waals surface area contributed by atoms with Crippen LogP contribution < -0.4 is 5.32 Å². The number of likely N-dealkylation sites (tertiary alicyclic amines) is 1. The van der Waals surface area contributed by atoms with Crippen LogP contribution in [0, 0.1) is 6.92 Å². The van der Waals surface area contributed by atoms with Crippen LogP contribution in [0.15, 0.2) is 30.3 Å². The number of nitrogens with one attached hydrogen (secondary N) is 1. The maximum absolute atomic E-state index is 13.1. The molecule has 0 unspecified atom stereocenters. The summed E-state index contributed by atoms with van der Waals surface area (Å²) >= 11 is 0. The Morgan fingerprint density at radius 1 is 1.10 bits per heavy atom. The van der Waals surface area contributed by atoms with Gasteiger partial charge in [-0.1, -0.05) is 29.8 Å². The third kappa shape index (κ3) is 4.67. The van der Waals surface area contributed by atoms with E-state index in [4.69, 9.17) is 0 Å². The number of carbonyl (C=O) groups is 2. The molecule has 7 nitrogen and oxygen atoms in total. The summed E-state index contributed by atoms with van der Waals surface area (Å²) in [6, 6.07) is 9.86. The Bertz CT molecular complexity index is 885. The third-order valence-corrected chi connectivity index (χ3v) is 5.69. The third-order valence-electron chi connectivity index (χ3n) is 5.69. The molecule has 1 saturated heterocycles. The molecule has 0 aliphatic carbocycles. The zero-order chi connectivity index (χ0) is 20.2. The van der Waals surface area contributed by atoms with Gasteiger partial charge in [-0.15, -0.1) is 0 Å². The lowest BCUT2D eigenvalue weighted by Crippen LogP contribution is -2.33. The molecular weight excluding hydrogens is 366 g/mol. The second kappa shape index (κ2) is 8.78. The molecule has 1 aromatic heterocycles. The number of nitrogens with zero attached hydrogens (tertiary/aromatic N) is 4. The molecule has 2 amide bonds. The van der Waals surface area contributed by atoms with Gasteiger partial charge in [-0.05, 0) is 44.8 Å². The minimum Gasteiger partial charge on any atom is -0.349 e. The van der Waals surface area contributed by atoms with Crippen molar-refractivity contribution in [2.75, 3.05) is 32.7 Å². The molecule has 2 aromatic rings. The van der Waals surface area contributed by atoms with E-state index in [1.54, 1.807) is 10.7 Å². The molecular formula is C22H29N5O2. The van der Waals surface area contributed by atoms with Crippen LogP contribution in [0.4, 0.5) is 0 Å². The molecule has 0 bridgehead atoms. The highest BCUT2D eigenvalue weighted by Crippen LogP contribution is 2.17. The average Bonchev–Trinajstić information content (AvgIpc) is 3.34. The number of hydrogen-bond donors (Lipinski definition) is 1. The molecule has 2 aliphatic heterocycles. The van der Waals surface area contributed by atoms with Gasteiger partial charge in [-0.25, -0.2) is 0 Å². The molecule has 154 valence electrons. The van der Waals surface area contributed by atoms with Gasteiger partial charge in [0.05, 0.1) is 0 Å². The number of aryl methyl sites for hydroxylation is 2. The molecule has 0 radical (unpaired) electrons. The maximum Gasteiger partial charge on any atom is 0.272 e. The van der Waals surface area contributed by atoms with Crippen LogP contribution in [0.2, 0.25) is 0 Å². The van der Waals surface area contributed by atoms with Gasteiger partial charge in [0.15, 0.2) is 5.69 Å². The van der Waals surface area contributed by atoms with Crippen molar-refractivity contribution in [2.24, 2.45) is 0 Å². The zero-order valence-electron chi connectivity index (χ0n) is 17.1. The number of carbonyl (C=O) groups excluding carboxylic acids is 2. The fourth-order valence-corrected chi connectivity index (χ4v) is 4.15. The Balaban J connectivity index is 1.41. The Hall–Kier alpha value is -2.67. The van der Waals surface area contributed by atoms with Crippen LogP contribution in [0.5, 0.6) is 0 Å². The van der Waals surface area contributed by atoms with Crippen molar-refractivity contribution >= 4 is 11.8 Å². The SMILES string of the molecule is Cc1cccc(CN2CCCn3nc(C(=O)NCCN4CCCC4)cc3C2=O)c1. The van der Waals surface area contributed by atoms with Crippen molar-refractivity contribution in [3.05, 3.63) is 52.8 Å². The summed E-state index contributed by atoms with van der Waals surface area (Å²) in [6.45, 7) is 7.65. The number of rotatable bonds is 6. The molecule has 29 heavy (non-hydrogen) atoms. The highest BCUT2D eigenvalue weighted by molar-refractivity contribution is 5.98. The van der Waals surface area contributed by atoms with Gasteiger partial charge in [0.2, 0.25) is 0 Å². The van der Waals surface area contributed by atoms with E-state index in [-0.39, 0.29) is 11.8 Å². The van der Waals surface area contributed by atoms with Crippen LogP contribution in [0.1, 0.15) is 51.4 Å². The van der Waals surface area contributed by atoms with Gasteiger partial charge in [0.25, 0.3) is 11.8 Å². The number of amides is 2. The molecule has 7 heteroatoms. The van der Waals surface area contributed by atoms with Crippen molar-refractivity contribution in [2.45, 2.75) is 39.3 Å². The lowest BCUT2D eigenvalue weighted by atomic mass is 10.1. The monoisotopic (exact) mass is 395 g/mol. The van der Waals surface area contributed by atoms with Crippen molar-refractivity contribution < 1.29 is 9.59 Å². The summed E-state index contributed by atoms with van der Waals surface area (Å²) in [4.78, 5) is 29.8. The predicted octanol–water partition coefficient (Wildman–Crippen LogP) is 2.06. The fourth-order valence-electron chi connectivity index (χ4n) is 4.15. The van der Waals surface area contributed by atoms with Crippen LogP contribution >= 0.6 is 0 Å². The van der Waals surface area contributed by atoms with E-state index in [0.29, 0.717) is 37.6 Å². The first kappa shape index (κ1) is 19.6. The molecule has 1 aromatic carbocycles. The second-order valence-corrected chi connectivity index (χ2v) is 8.01. The van der Waals surface area contributed by atoms with Crippen LogP contribution in [-0.4, -0.2) is 64.1 Å². The van der Waals surface area contributed by atoms with E-state index in [2.05, 4.69) is 34.4 Å². The van der Waals surface area contributed by atoms with E-state index in [1.165, 1.54) is 18.4 Å². The van der Waals surface area contributed by atoms with Crippen LogP contribution in [0.25, 0.3) is 0 Å². The van der Waals surface area contributed by atoms with Gasteiger partial charge < -0.3 is 15.1 Å². The van der Waals surface area contributed by atoms with Gasteiger partial charge in [-0.2, -0.15) is 5.10 Å². The fraction of sp³-hybridized carbons (Fsp3) is 0.500. The van der Waals surface area contributed by atoms with E-state index in [1.807, 2.05) is 17.0 Å². The van der Waals surface area contributed by atoms with E-state index < -0.39 is 0 Å². The van der Waals surface area contributed by atoms with Crippen molar-refractivity contribution in [1.82, 2.24) is 24.9 Å². The Morgan fingerprint density at radius 2 is 1.93 bits per heavy atom. The quantitative estimate of drug-likeness (QED) is 0.813. The molecule has 4 rings (SSSR count). The topological polar surface area (TPSA) is 70.5 Å². The minimum atomic E-state index is -0.206. The van der Waals surface area contributed by atoms with Crippen molar-refractivity contribution in [1.29, 1.82) is 0 Å². The lowest BCUT2D eigenvalue weighted by Gasteiger charge is -2.20. The number of fused-ring (bicyclic) bond motifs is 1. The smallest absolute Gasteiger partial charge is 0.272 e. The Morgan fingerprint density at radius 3 is 2.72 bits per heavy atom. The highest BCUT2D eigenvalue weighted by Gasteiger charge is 2.26. The Kier molecular flexibility index (Phi) is 5.94. The molecule has 0 spiro atoms. The number of benzene rings is 1. The molecule has 1 fully saturated rings. The molecule has 3 heterocycles. The maximum atomic E-state index is 13.1. The standard InChI is InChI=1S/C22H29N5O2/c1-17-6-4-7-18(14-17)16-26-11-5-12-27-20(22(26)29)15-19(24-27)21(28)23-8-13-25-9-2-3-10-25/h4,6-7,14-15H,2-3,5,8-13,16H2,1H3,(H,23,28). The summed E-state index contributed by atoms with van der Waals surface area (Å²) in [5.41, 5.74) is 3.13. The summed E-state index contributed by atoms with van der Waals surface area (Å²) in [5.74, 6) is -0.268. The van der Waals surface area contributed by atoms with Crippen molar-refractivity contribution in [3.8, 4) is 0 Å².